The number of carbonyl (C=O) groups excluding carboxylic acids is 2. The lowest BCUT2D eigenvalue weighted by molar-refractivity contribution is -0.151. The lowest BCUT2D eigenvalue weighted by Gasteiger charge is -2.14. The van der Waals surface area contributed by atoms with Crippen LogP contribution in [-0.4, -0.2) is 33.9 Å². The van der Waals surface area contributed by atoms with E-state index in [2.05, 4.69) is 13.8 Å². The molecule has 0 aliphatic rings. The maximum Gasteiger partial charge on any atom is 0.321 e. The van der Waals surface area contributed by atoms with E-state index in [1.807, 2.05) is 0 Å². The molecular formula is C24H44O5. The van der Waals surface area contributed by atoms with E-state index in [0.717, 1.165) is 44.9 Å². The number of Topliss-reactive ketones (excluding diaryl/α,β-unsaturated/α-hetero) is 2. The third-order valence-corrected chi connectivity index (χ3v) is 5.50. The van der Waals surface area contributed by atoms with Gasteiger partial charge in [-0.05, 0) is 12.8 Å². The summed E-state index contributed by atoms with van der Waals surface area (Å²) in [5.74, 6) is -4.17. The Hall–Kier alpha value is -1.23. The lowest BCUT2D eigenvalue weighted by atomic mass is 9.91. The highest BCUT2D eigenvalue weighted by atomic mass is 16.4. The summed E-state index contributed by atoms with van der Waals surface area (Å²) in [6.07, 6.45) is 14.8. The molecule has 0 rings (SSSR count). The fraction of sp³-hybridized carbons (Fsp3) is 0.875. The van der Waals surface area contributed by atoms with Crippen LogP contribution in [0.15, 0.2) is 0 Å². The summed E-state index contributed by atoms with van der Waals surface area (Å²) in [4.78, 5) is 35.9. The minimum Gasteiger partial charge on any atom is -0.480 e. The molecule has 0 aromatic heterocycles. The standard InChI is InChI=1S/C24H44O5/c1-3-5-7-9-10-11-12-14-15-17-20(25)19-22(27)23(24(28)29)21(26)18-16-13-8-6-4-2/h20,23,25H,3-19H2,1-2H3,(H,28,29). The van der Waals surface area contributed by atoms with Crippen molar-refractivity contribution in [2.24, 2.45) is 5.92 Å². The van der Waals surface area contributed by atoms with Gasteiger partial charge in [0.25, 0.3) is 0 Å². The summed E-state index contributed by atoms with van der Waals surface area (Å²) >= 11 is 0. The normalized spacial score (nSPS) is 13.2. The Morgan fingerprint density at radius 3 is 1.59 bits per heavy atom. The third kappa shape index (κ3) is 15.3. The third-order valence-electron chi connectivity index (χ3n) is 5.50. The van der Waals surface area contributed by atoms with Gasteiger partial charge in [0.2, 0.25) is 0 Å². The molecule has 0 aromatic carbocycles. The van der Waals surface area contributed by atoms with Crippen LogP contribution in [0.4, 0.5) is 0 Å². The number of aliphatic carboxylic acids is 1. The summed E-state index contributed by atoms with van der Waals surface area (Å²) in [6, 6.07) is 0. The zero-order chi connectivity index (χ0) is 21.9. The smallest absolute Gasteiger partial charge is 0.321 e. The van der Waals surface area contributed by atoms with Gasteiger partial charge in [-0.15, -0.1) is 0 Å². The molecule has 2 N–H and O–H groups in total. The Morgan fingerprint density at radius 1 is 0.655 bits per heavy atom. The first-order chi connectivity index (χ1) is 13.9. The van der Waals surface area contributed by atoms with Crippen LogP contribution in [-0.2, 0) is 14.4 Å². The van der Waals surface area contributed by atoms with E-state index in [1.165, 1.54) is 38.5 Å². The van der Waals surface area contributed by atoms with Crippen molar-refractivity contribution >= 4 is 17.5 Å². The number of carbonyl (C=O) groups is 3. The second-order valence-corrected chi connectivity index (χ2v) is 8.34. The molecule has 170 valence electrons. The molecule has 0 fully saturated rings. The number of rotatable bonds is 21. The Kier molecular flexibility index (Phi) is 18.0. The highest BCUT2D eigenvalue weighted by molar-refractivity contribution is 6.16. The average molecular weight is 413 g/mol. The predicted octanol–water partition coefficient (Wildman–Crippen LogP) is 5.86. The molecule has 0 aliphatic carbocycles. The fourth-order valence-electron chi connectivity index (χ4n) is 3.64. The van der Waals surface area contributed by atoms with E-state index in [1.54, 1.807) is 0 Å². The lowest BCUT2D eigenvalue weighted by Crippen LogP contribution is -2.33. The predicted molar refractivity (Wildman–Crippen MR) is 117 cm³/mol. The first kappa shape index (κ1) is 27.8. The van der Waals surface area contributed by atoms with Gasteiger partial charge in [0.05, 0.1) is 6.10 Å². The first-order valence-electron chi connectivity index (χ1n) is 11.9. The molecule has 5 nitrogen and oxygen atoms in total. The highest BCUT2D eigenvalue weighted by Gasteiger charge is 2.33. The minimum atomic E-state index is -1.61. The molecule has 0 aliphatic heterocycles. The van der Waals surface area contributed by atoms with Crippen LogP contribution in [0, 0.1) is 5.92 Å². The maximum absolute atomic E-state index is 12.3. The van der Waals surface area contributed by atoms with Gasteiger partial charge in [0.1, 0.15) is 0 Å². The van der Waals surface area contributed by atoms with Gasteiger partial charge in [-0.25, -0.2) is 0 Å². The SMILES string of the molecule is CCCCCCCCCCCC(O)CC(=O)C(C(=O)O)C(=O)CCCCCCC. The van der Waals surface area contributed by atoms with Crippen LogP contribution >= 0.6 is 0 Å². The number of aliphatic hydroxyl groups excluding tert-OH is 1. The van der Waals surface area contributed by atoms with Crippen LogP contribution in [0.25, 0.3) is 0 Å². The van der Waals surface area contributed by atoms with Gasteiger partial charge in [0, 0.05) is 12.8 Å². The molecule has 0 aromatic rings. The van der Waals surface area contributed by atoms with Crippen molar-refractivity contribution in [2.75, 3.05) is 0 Å². The Bertz CT molecular complexity index is 447. The molecule has 0 heterocycles. The van der Waals surface area contributed by atoms with Crippen LogP contribution < -0.4 is 0 Å². The molecule has 0 saturated carbocycles. The van der Waals surface area contributed by atoms with Crippen LogP contribution in [0.5, 0.6) is 0 Å². The highest BCUT2D eigenvalue weighted by Crippen LogP contribution is 2.16. The number of hydrogen-bond donors (Lipinski definition) is 2. The van der Waals surface area contributed by atoms with E-state index < -0.39 is 29.6 Å². The van der Waals surface area contributed by atoms with E-state index in [4.69, 9.17) is 0 Å². The second kappa shape index (κ2) is 18.8. The quantitative estimate of drug-likeness (QED) is 0.182. The topological polar surface area (TPSA) is 91.7 Å². The van der Waals surface area contributed by atoms with Crippen molar-refractivity contribution in [2.45, 2.75) is 129 Å². The van der Waals surface area contributed by atoms with Crippen LogP contribution in [0.1, 0.15) is 123 Å². The Balaban J connectivity index is 4.04. The zero-order valence-corrected chi connectivity index (χ0v) is 18.8. The van der Waals surface area contributed by atoms with Crippen molar-refractivity contribution in [1.29, 1.82) is 0 Å². The zero-order valence-electron chi connectivity index (χ0n) is 18.8. The number of aliphatic hydroxyl groups is 1. The number of hydrogen-bond acceptors (Lipinski definition) is 4. The molecule has 0 saturated heterocycles. The molecule has 0 amide bonds. The number of ketones is 2. The summed E-state index contributed by atoms with van der Waals surface area (Å²) in [5, 5.41) is 19.4. The van der Waals surface area contributed by atoms with E-state index in [9.17, 15) is 24.6 Å². The van der Waals surface area contributed by atoms with Crippen LogP contribution in [0.3, 0.4) is 0 Å². The summed E-state index contributed by atoms with van der Waals surface area (Å²) < 4.78 is 0. The number of carboxylic acid groups (broad SMARTS) is 1. The molecule has 0 bridgehead atoms. The molecule has 0 spiro atoms. The fourth-order valence-corrected chi connectivity index (χ4v) is 3.64. The van der Waals surface area contributed by atoms with Gasteiger partial charge >= 0.3 is 5.97 Å². The molecular weight excluding hydrogens is 368 g/mol. The van der Waals surface area contributed by atoms with Crippen LogP contribution in [0.2, 0.25) is 0 Å². The molecule has 2 atom stereocenters. The first-order valence-corrected chi connectivity index (χ1v) is 11.9. The van der Waals surface area contributed by atoms with Crippen molar-refractivity contribution in [3.63, 3.8) is 0 Å². The Labute approximate surface area is 177 Å². The van der Waals surface area contributed by atoms with Crippen molar-refractivity contribution in [3.8, 4) is 0 Å². The minimum absolute atomic E-state index is 0.126. The van der Waals surface area contributed by atoms with Gasteiger partial charge in [0.15, 0.2) is 17.5 Å². The molecule has 0 radical (unpaired) electrons. The monoisotopic (exact) mass is 412 g/mol. The van der Waals surface area contributed by atoms with Crippen molar-refractivity contribution in [1.82, 2.24) is 0 Å². The summed E-state index contributed by atoms with van der Waals surface area (Å²) in [6.45, 7) is 4.31. The van der Waals surface area contributed by atoms with Gasteiger partial charge < -0.3 is 10.2 Å². The number of carboxylic acids is 1. The molecule has 29 heavy (non-hydrogen) atoms. The maximum atomic E-state index is 12.3. The van der Waals surface area contributed by atoms with E-state index >= 15 is 0 Å². The van der Waals surface area contributed by atoms with E-state index in [0.29, 0.717) is 12.8 Å². The van der Waals surface area contributed by atoms with E-state index in [-0.39, 0.29) is 12.8 Å². The Morgan fingerprint density at radius 2 is 1.10 bits per heavy atom. The van der Waals surface area contributed by atoms with Gasteiger partial charge in [-0.1, -0.05) is 97.3 Å². The summed E-state index contributed by atoms with van der Waals surface area (Å²) in [5.41, 5.74) is 0. The van der Waals surface area contributed by atoms with Gasteiger partial charge in [-0.2, -0.15) is 0 Å². The number of unbranched alkanes of at least 4 members (excludes halogenated alkanes) is 12. The largest absolute Gasteiger partial charge is 0.480 e. The van der Waals surface area contributed by atoms with Crippen molar-refractivity contribution < 1.29 is 24.6 Å². The molecule has 2 unspecified atom stereocenters. The van der Waals surface area contributed by atoms with Gasteiger partial charge in [-0.3, -0.25) is 14.4 Å². The average Bonchev–Trinajstić information content (AvgIpc) is 2.66. The second-order valence-electron chi connectivity index (χ2n) is 8.34. The summed E-state index contributed by atoms with van der Waals surface area (Å²) in [7, 11) is 0. The van der Waals surface area contributed by atoms with Crippen molar-refractivity contribution in [3.05, 3.63) is 0 Å². The molecule has 5 heteroatoms.